The van der Waals surface area contributed by atoms with E-state index in [1.807, 2.05) is 18.2 Å². The van der Waals surface area contributed by atoms with Crippen molar-refractivity contribution in [3.05, 3.63) is 41.3 Å². The van der Waals surface area contributed by atoms with Crippen LogP contribution in [-0.4, -0.2) is 10.8 Å². The summed E-state index contributed by atoms with van der Waals surface area (Å²) in [6.45, 7) is 0. The predicted molar refractivity (Wildman–Crippen MR) is 65.1 cm³/mol. The lowest BCUT2D eigenvalue weighted by Crippen LogP contribution is -1.79. The number of benzene rings is 1. The smallest absolute Gasteiger partial charge is 0.00370 e. The van der Waals surface area contributed by atoms with Gasteiger partial charge in [0, 0.05) is 0 Å². The van der Waals surface area contributed by atoms with Crippen molar-refractivity contribution in [2.45, 2.75) is 0 Å². The molecule has 0 amide bonds. The van der Waals surface area contributed by atoms with E-state index in [0.717, 1.165) is 0 Å². The summed E-state index contributed by atoms with van der Waals surface area (Å²) in [7, 11) is 7.48. The van der Waals surface area contributed by atoms with Crippen LogP contribution in [0.1, 0.15) is 5.56 Å². The van der Waals surface area contributed by atoms with Crippen molar-refractivity contribution in [2.75, 3.05) is 0 Å². The molecule has 1 aromatic carbocycles. The second kappa shape index (κ2) is 4.86. The molecule has 1 atom stereocenters. The summed E-state index contributed by atoms with van der Waals surface area (Å²) in [5.74, 6) is 0. The van der Waals surface area contributed by atoms with Crippen molar-refractivity contribution in [1.29, 1.82) is 0 Å². The summed E-state index contributed by atoms with van der Waals surface area (Å²) < 4.78 is 0. The van der Waals surface area contributed by atoms with E-state index in [1.54, 1.807) is 10.8 Å². The topological polar surface area (TPSA) is 31.5 Å². The highest BCUT2D eigenvalue weighted by Crippen LogP contribution is 2.43. The Balaban J connectivity index is 0.000000845. The van der Waals surface area contributed by atoms with Crippen LogP contribution in [0.3, 0.4) is 0 Å². The van der Waals surface area contributed by atoms with Gasteiger partial charge in [-0.05, 0) is 41.3 Å². The Labute approximate surface area is 87.9 Å². The van der Waals surface area contributed by atoms with Gasteiger partial charge in [0.15, 0.2) is 0 Å². The second-order valence-electron chi connectivity index (χ2n) is 2.40. The Morgan fingerprint density at radius 1 is 1.15 bits per heavy atom. The molecule has 1 aromatic rings. The Morgan fingerprint density at radius 3 is 2.38 bits per heavy atom. The first-order valence-electron chi connectivity index (χ1n) is 3.53. The number of allylic oxidation sites excluding steroid dienone is 1. The summed E-state index contributed by atoms with van der Waals surface area (Å²) in [5.41, 5.74) is 2.50. The molecule has 1 aliphatic heterocycles. The molecule has 13 heavy (non-hydrogen) atoms. The van der Waals surface area contributed by atoms with E-state index < -0.39 is 0 Å². The van der Waals surface area contributed by atoms with Gasteiger partial charge in [-0.25, -0.2) is 0 Å². The lowest BCUT2D eigenvalue weighted by Gasteiger charge is -1.95. The maximum atomic E-state index is 5.94. The van der Waals surface area contributed by atoms with Crippen molar-refractivity contribution in [3.63, 3.8) is 0 Å². The van der Waals surface area contributed by atoms with E-state index in [4.69, 9.17) is 10.7 Å². The molecule has 0 spiro atoms. The maximum Gasteiger partial charge on any atom is -0.00370 e. The largest absolute Gasteiger partial charge is 0.412 e. The second-order valence-corrected chi connectivity index (χ2v) is 6.76. The van der Waals surface area contributed by atoms with Gasteiger partial charge in [0.2, 0.25) is 0 Å². The minimum atomic E-state index is -0.132. The molecule has 0 fully saturated rings. The minimum absolute atomic E-state index is 0. The number of hydrogen-bond acceptors (Lipinski definition) is 1. The van der Waals surface area contributed by atoms with Crippen LogP contribution >= 0.6 is 30.2 Å². The molecule has 1 aliphatic rings. The van der Waals surface area contributed by atoms with Crippen LogP contribution < -0.4 is 0 Å². The molecule has 70 valence electrons. The summed E-state index contributed by atoms with van der Waals surface area (Å²) in [5, 5.41) is 4.22. The first-order valence-corrected chi connectivity index (χ1v) is 7.04. The molecule has 4 heteroatoms. The van der Waals surface area contributed by atoms with Crippen molar-refractivity contribution in [3.8, 4) is 0 Å². The Hall–Kier alpha value is -0.220. The van der Waals surface area contributed by atoms with E-state index >= 15 is 0 Å². The first kappa shape index (κ1) is 10.9. The van der Waals surface area contributed by atoms with Gasteiger partial charge in [-0.3, -0.25) is 0 Å². The molecule has 1 nitrogen and oxygen atoms in total. The van der Waals surface area contributed by atoms with E-state index in [2.05, 4.69) is 22.9 Å². The van der Waals surface area contributed by atoms with Crippen LogP contribution in [0.25, 0.3) is 5.57 Å². The zero-order valence-electron chi connectivity index (χ0n) is 6.74. The summed E-state index contributed by atoms with van der Waals surface area (Å²) in [6, 6.07) is 10.3. The Bertz CT molecular complexity index is 346. The normalized spacial score (nSPS) is 20.1. The van der Waals surface area contributed by atoms with Crippen LogP contribution in [0.15, 0.2) is 35.7 Å². The lowest BCUT2D eigenvalue weighted by atomic mass is 10.1. The summed E-state index contributed by atoms with van der Waals surface area (Å²) in [4.78, 5) is 0. The van der Waals surface area contributed by atoms with Crippen molar-refractivity contribution in [1.82, 2.24) is 0 Å². The minimum Gasteiger partial charge on any atom is -0.412 e. The summed E-state index contributed by atoms with van der Waals surface area (Å²) in [6.07, 6.45) is 0. The SMILES string of the molecule is ClS1=CC(c2ccccc2)=CS1.O. The zero-order chi connectivity index (χ0) is 8.39. The van der Waals surface area contributed by atoms with Gasteiger partial charge in [0.05, 0.1) is 0 Å². The third-order valence-corrected chi connectivity index (χ3v) is 4.62. The van der Waals surface area contributed by atoms with Gasteiger partial charge in [-0.15, -0.1) is 0 Å². The van der Waals surface area contributed by atoms with Gasteiger partial charge in [-0.2, -0.15) is 0 Å². The van der Waals surface area contributed by atoms with Crippen molar-refractivity contribution in [2.24, 2.45) is 0 Å². The van der Waals surface area contributed by atoms with Crippen molar-refractivity contribution >= 4 is 41.1 Å². The van der Waals surface area contributed by atoms with Gasteiger partial charge in [0.25, 0.3) is 0 Å². The fourth-order valence-corrected chi connectivity index (χ4v) is 3.64. The fraction of sp³-hybridized carbons (Fsp3) is 0. The van der Waals surface area contributed by atoms with Crippen LogP contribution in [-0.2, 0) is 0 Å². The number of hydrogen-bond donors (Lipinski definition) is 0. The molecule has 2 rings (SSSR count). The molecule has 0 bridgehead atoms. The highest BCUT2D eigenvalue weighted by atomic mass is 35.7. The van der Waals surface area contributed by atoms with Gasteiger partial charge in [0.1, 0.15) is 0 Å². The van der Waals surface area contributed by atoms with Gasteiger partial charge < -0.3 is 5.48 Å². The summed E-state index contributed by atoms with van der Waals surface area (Å²) >= 11 is 0. The molecular weight excluding hydrogens is 224 g/mol. The van der Waals surface area contributed by atoms with E-state index in [0.29, 0.717) is 0 Å². The molecular formula is C9H9ClOS2. The first-order chi connectivity index (χ1) is 5.86. The van der Waals surface area contributed by atoms with Gasteiger partial charge in [-0.1, -0.05) is 41.1 Å². The quantitative estimate of drug-likeness (QED) is 0.541. The Morgan fingerprint density at radius 2 is 1.85 bits per heavy atom. The average molecular weight is 233 g/mol. The molecule has 0 aromatic heterocycles. The highest BCUT2D eigenvalue weighted by molar-refractivity contribution is 8.93. The molecule has 2 N–H and O–H groups in total. The highest BCUT2D eigenvalue weighted by Gasteiger charge is 2.05. The molecule has 1 heterocycles. The standard InChI is InChI=1S/C9H7ClS2.H2O/c10-12-7-9(6-11-12)8-4-2-1-3-5-8;/h1-7H;1H2. The third-order valence-electron chi connectivity index (χ3n) is 1.59. The van der Waals surface area contributed by atoms with E-state index in [9.17, 15) is 0 Å². The molecule has 0 aliphatic carbocycles. The zero-order valence-corrected chi connectivity index (χ0v) is 9.12. The number of halogens is 1. The molecule has 0 saturated heterocycles. The Kier molecular flexibility index (Phi) is 4.06. The molecule has 0 radical (unpaired) electrons. The third kappa shape index (κ3) is 2.61. The fourth-order valence-electron chi connectivity index (χ4n) is 1.02. The molecule has 1 unspecified atom stereocenters. The van der Waals surface area contributed by atoms with Crippen LogP contribution in [0.2, 0.25) is 0 Å². The van der Waals surface area contributed by atoms with E-state index in [1.165, 1.54) is 11.1 Å². The lowest BCUT2D eigenvalue weighted by molar-refractivity contribution is 0.824. The monoisotopic (exact) mass is 232 g/mol. The molecule has 0 saturated carbocycles. The van der Waals surface area contributed by atoms with Crippen LogP contribution in [0.5, 0.6) is 0 Å². The van der Waals surface area contributed by atoms with Crippen molar-refractivity contribution < 1.29 is 5.48 Å². The average Bonchev–Trinajstić information content (AvgIpc) is 2.54. The predicted octanol–water partition coefficient (Wildman–Crippen LogP) is 3.09. The van der Waals surface area contributed by atoms with Crippen LogP contribution in [0, 0.1) is 0 Å². The maximum absolute atomic E-state index is 5.94. The number of rotatable bonds is 1. The van der Waals surface area contributed by atoms with Gasteiger partial charge >= 0.3 is 0 Å². The van der Waals surface area contributed by atoms with E-state index in [-0.39, 0.29) is 14.2 Å². The van der Waals surface area contributed by atoms with Crippen LogP contribution in [0.4, 0.5) is 0 Å².